The van der Waals surface area contributed by atoms with E-state index in [0.717, 1.165) is 11.8 Å². The van der Waals surface area contributed by atoms with E-state index in [9.17, 15) is 0 Å². The first-order valence-corrected chi connectivity index (χ1v) is 8.86. The highest BCUT2D eigenvalue weighted by Gasteiger charge is 2.39. The molecule has 0 spiro atoms. The number of benzene rings is 1. The van der Waals surface area contributed by atoms with Gasteiger partial charge in [-0.25, -0.2) is 0 Å². The number of hydrogen-bond donors (Lipinski definition) is 0. The minimum Gasteiger partial charge on any atom is -0.301 e. The molecule has 1 aliphatic heterocycles. The molecule has 0 radical (unpaired) electrons. The quantitative estimate of drug-likeness (QED) is 0.707. The van der Waals surface area contributed by atoms with E-state index < -0.39 is 0 Å². The standard InChI is InChI=1S/C19H30N2/c1-2-3-7-10-20-11-13-21(14-12-20)16-18-15-19(18)17-8-5-4-6-9-17/h4-6,8-9,18-19H,2-3,7,10-16H2,1H3/t18-,19-/m0/s1. The van der Waals surface area contributed by atoms with Gasteiger partial charge in [0, 0.05) is 32.7 Å². The van der Waals surface area contributed by atoms with E-state index in [2.05, 4.69) is 47.1 Å². The van der Waals surface area contributed by atoms with E-state index in [-0.39, 0.29) is 0 Å². The van der Waals surface area contributed by atoms with E-state index in [1.165, 1.54) is 65.0 Å². The maximum atomic E-state index is 2.70. The van der Waals surface area contributed by atoms with Gasteiger partial charge in [0.2, 0.25) is 0 Å². The second-order valence-electron chi connectivity index (χ2n) is 6.86. The Morgan fingerprint density at radius 1 is 0.952 bits per heavy atom. The summed E-state index contributed by atoms with van der Waals surface area (Å²) in [5.41, 5.74) is 1.56. The van der Waals surface area contributed by atoms with Crippen molar-refractivity contribution in [1.29, 1.82) is 0 Å². The monoisotopic (exact) mass is 286 g/mol. The Hall–Kier alpha value is -0.860. The number of hydrogen-bond acceptors (Lipinski definition) is 2. The molecule has 3 rings (SSSR count). The summed E-state index contributed by atoms with van der Waals surface area (Å²) >= 11 is 0. The zero-order chi connectivity index (χ0) is 14.5. The molecule has 116 valence electrons. The Bertz CT molecular complexity index is 409. The van der Waals surface area contributed by atoms with Crippen LogP contribution in [0.4, 0.5) is 0 Å². The van der Waals surface area contributed by atoms with Gasteiger partial charge >= 0.3 is 0 Å². The molecule has 21 heavy (non-hydrogen) atoms. The van der Waals surface area contributed by atoms with Gasteiger partial charge in [0.15, 0.2) is 0 Å². The lowest BCUT2D eigenvalue weighted by molar-refractivity contribution is 0.126. The molecular formula is C19H30N2. The molecule has 0 bridgehead atoms. The molecule has 2 heteroatoms. The van der Waals surface area contributed by atoms with Gasteiger partial charge in [-0.2, -0.15) is 0 Å². The summed E-state index contributed by atoms with van der Waals surface area (Å²) < 4.78 is 0. The smallest absolute Gasteiger partial charge is 0.0110 e. The van der Waals surface area contributed by atoms with Crippen molar-refractivity contribution in [3.05, 3.63) is 35.9 Å². The van der Waals surface area contributed by atoms with E-state index in [4.69, 9.17) is 0 Å². The second kappa shape index (κ2) is 7.42. The van der Waals surface area contributed by atoms with Crippen molar-refractivity contribution in [2.45, 2.75) is 38.5 Å². The third kappa shape index (κ3) is 4.31. The first-order valence-electron chi connectivity index (χ1n) is 8.86. The van der Waals surface area contributed by atoms with Crippen LogP contribution in [-0.4, -0.2) is 49.1 Å². The Kier molecular flexibility index (Phi) is 5.32. The highest BCUT2D eigenvalue weighted by atomic mass is 15.3. The van der Waals surface area contributed by atoms with Gasteiger partial charge in [0.05, 0.1) is 0 Å². The minimum absolute atomic E-state index is 0.841. The van der Waals surface area contributed by atoms with Crippen molar-refractivity contribution in [2.24, 2.45) is 5.92 Å². The van der Waals surface area contributed by atoms with Crippen LogP contribution in [0.15, 0.2) is 30.3 Å². The molecule has 2 fully saturated rings. The maximum absolute atomic E-state index is 2.70. The maximum Gasteiger partial charge on any atom is 0.0110 e. The van der Waals surface area contributed by atoms with Crippen molar-refractivity contribution in [1.82, 2.24) is 9.80 Å². The Labute approximate surface area is 130 Å². The molecular weight excluding hydrogens is 256 g/mol. The third-order valence-electron chi connectivity index (χ3n) is 5.19. The van der Waals surface area contributed by atoms with Crippen molar-refractivity contribution in [3.8, 4) is 0 Å². The lowest BCUT2D eigenvalue weighted by atomic mass is 10.1. The van der Waals surface area contributed by atoms with Crippen LogP contribution in [0.3, 0.4) is 0 Å². The average molecular weight is 286 g/mol. The van der Waals surface area contributed by atoms with Gasteiger partial charge in [0.25, 0.3) is 0 Å². The predicted molar refractivity (Wildman–Crippen MR) is 89.7 cm³/mol. The van der Waals surface area contributed by atoms with Crippen LogP contribution >= 0.6 is 0 Å². The fraction of sp³-hybridized carbons (Fsp3) is 0.684. The molecule has 2 atom stereocenters. The van der Waals surface area contributed by atoms with Gasteiger partial charge in [-0.3, -0.25) is 0 Å². The summed E-state index contributed by atoms with van der Waals surface area (Å²) in [6, 6.07) is 11.1. The Balaban J connectivity index is 1.35. The average Bonchev–Trinajstić information content (AvgIpc) is 3.29. The van der Waals surface area contributed by atoms with E-state index in [0.29, 0.717) is 0 Å². The van der Waals surface area contributed by atoms with Crippen LogP contribution in [0.2, 0.25) is 0 Å². The molecule has 2 nitrogen and oxygen atoms in total. The molecule has 1 saturated carbocycles. The highest BCUT2D eigenvalue weighted by molar-refractivity contribution is 5.25. The van der Waals surface area contributed by atoms with E-state index >= 15 is 0 Å². The zero-order valence-corrected chi connectivity index (χ0v) is 13.5. The molecule has 1 aliphatic carbocycles. The molecule has 1 saturated heterocycles. The first-order chi connectivity index (χ1) is 10.4. The third-order valence-corrected chi connectivity index (χ3v) is 5.19. The first kappa shape index (κ1) is 15.1. The highest BCUT2D eigenvalue weighted by Crippen LogP contribution is 2.47. The number of rotatable bonds is 7. The molecule has 0 N–H and O–H groups in total. The van der Waals surface area contributed by atoms with Crippen molar-refractivity contribution < 1.29 is 0 Å². The number of unbranched alkanes of at least 4 members (excludes halogenated alkanes) is 2. The van der Waals surface area contributed by atoms with Crippen LogP contribution in [-0.2, 0) is 0 Å². The summed E-state index contributed by atoms with van der Waals surface area (Å²) in [4.78, 5) is 5.36. The number of nitrogens with zero attached hydrogens (tertiary/aromatic N) is 2. The normalized spacial score (nSPS) is 26.9. The van der Waals surface area contributed by atoms with Crippen molar-refractivity contribution in [3.63, 3.8) is 0 Å². The summed E-state index contributed by atoms with van der Waals surface area (Å²) in [6.45, 7) is 10.1. The summed E-state index contributed by atoms with van der Waals surface area (Å²) in [5.74, 6) is 1.76. The molecule has 0 aromatic heterocycles. The Morgan fingerprint density at radius 2 is 1.67 bits per heavy atom. The Morgan fingerprint density at radius 3 is 2.38 bits per heavy atom. The minimum atomic E-state index is 0.841. The van der Waals surface area contributed by atoms with Gasteiger partial charge in [0.1, 0.15) is 0 Å². The molecule has 2 aliphatic rings. The van der Waals surface area contributed by atoms with Crippen LogP contribution in [0.25, 0.3) is 0 Å². The van der Waals surface area contributed by atoms with Crippen molar-refractivity contribution in [2.75, 3.05) is 39.3 Å². The summed E-state index contributed by atoms with van der Waals surface area (Å²) in [7, 11) is 0. The van der Waals surface area contributed by atoms with Gasteiger partial charge in [-0.15, -0.1) is 0 Å². The van der Waals surface area contributed by atoms with Crippen LogP contribution in [0, 0.1) is 5.92 Å². The van der Waals surface area contributed by atoms with Gasteiger partial charge in [-0.1, -0.05) is 50.1 Å². The largest absolute Gasteiger partial charge is 0.301 e. The van der Waals surface area contributed by atoms with Crippen LogP contribution in [0.5, 0.6) is 0 Å². The lowest BCUT2D eigenvalue weighted by Gasteiger charge is -2.34. The molecule has 1 aromatic rings. The number of piperazine rings is 1. The zero-order valence-electron chi connectivity index (χ0n) is 13.5. The lowest BCUT2D eigenvalue weighted by Crippen LogP contribution is -2.47. The summed E-state index contributed by atoms with van der Waals surface area (Å²) in [6.07, 6.45) is 5.51. The SMILES string of the molecule is CCCCCN1CCN(C[C@@H]2C[C@H]2c2ccccc2)CC1. The van der Waals surface area contributed by atoms with Crippen LogP contribution < -0.4 is 0 Å². The molecule has 0 amide bonds. The van der Waals surface area contributed by atoms with Gasteiger partial charge < -0.3 is 9.80 Å². The topological polar surface area (TPSA) is 6.48 Å². The van der Waals surface area contributed by atoms with Gasteiger partial charge in [-0.05, 0) is 36.8 Å². The van der Waals surface area contributed by atoms with Crippen molar-refractivity contribution >= 4 is 0 Å². The molecule has 1 heterocycles. The van der Waals surface area contributed by atoms with Crippen LogP contribution in [0.1, 0.15) is 44.1 Å². The van der Waals surface area contributed by atoms with E-state index in [1.807, 2.05) is 0 Å². The fourth-order valence-corrected chi connectivity index (χ4v) is 3.67. The predicted octanol–water partition coefficient (Wildman–Crippen LogP) is 3.60. The second-order valence-corrected chi connectivity index (χ2v) is 6.86. The molecule has 1 aromatic carbocycles. The summed E-state index contributed by atoms with van der Waals surface area (Å²) in [5, 5.41) is 0. The van der Waals surface area contributed by atoms with E-state index in [1.54, 1.807) is 5.56 Å². The molecule has 0 unspecified atom stereocenters. The fourth-order valence-electron chi connectivity index (χ4n) is 3.67.